The third-order valence-electron chi connectivity index (χ3n) is 6.07. The molecule has 0 aliphatic carbocycles. The van der Waals surface area contributed by atoms with Gasteiger partial charge in [0.05, 0.1) is 32.1 Å². The molecule has 0 radical (unpaired) electrons. The van der Waals surface area contributed by atoms with Gasteiger partial charge in [-0.25, -0.2) is 4.99 Å². The fourth-order valence-electron chi connectivity index (χ4n) is 4.46. The number of ether oxygens (including phenoxy) is 2. The highest BCUT2D eigenvalue weighted by atomic mass is 127. The number of morpholine rings is 1. The Morgan fingerprint density at radius 1 is 1.09 bits per heavy atom. The quantitative estimate of drug-likeness (QED) is 0.297. The van der Waals surface area contributed by atoms with E-state index in [-0.39, 0.29) is 36.2 Å². The number of guanidine groups is 1. The molecule has 0 spiro atoms. The highest BCUT2D eigenvalue weighted by Crippen LogP contribution is 2.21. The summed E-state index contributed by atoms with van der Waals surface area (Å²) in [6.45, 7) is 8.47. The van der Waals surface area contributed by atoms with Crippen LogP contribution >= 0.6 is 24.0 Å². The van der Waals surface area contributed by atoms with Crippen molar-refractivity contribution in [3.8, 4) is 0 Å². The predicted molar refractivity (Wildman–Crippen MR) is 141 cm³/mol. The summed E-state index contributed by atoms with van der Waals surface area (Å²) in [5.74, 6) is 1.93. The van der Waals surface area contributed by atoms with Crippen molar-refractivity contribution in [2.75, 3.05) is 39.9 Å². The second-order valence-corrected chi connectivity index (χ2v) is 8.60. The van der Waals surface area contributed by atoms with Crippen molar-refractivity contribution >= 4 is 29.9 Å². The number of hydrogen-bond donors (Lipinski definition) is 1. The van der Waals surface area contributed by atoms with Gasteiger partial charge in [0, 0.05) is 32.8 Å². The van der Waals surface area contributed by atoms with E-state index in [9.17, 15) is 0 Å². The molecule has 0 amide bonds. The molecule has 1 aromatic heterocycles. The summed E-state index contributed by atoms with van der Waals surface area (Å²) in [5, 5.41) is 3.48. The van der Waals surface area contributed by atoms with E-state index >= 15 is 0 Å². The summed E-state index contributed by atoms with van der Waals surface area (Å²) >= 11 is 0. The molecule has 3 heterocycles. The molecule has 2 aromatic rings. The van der Waals surface area contributed by atoms with Crippen LogP contribution in [0.5, 0.6) is 0 Å². The van der Waals surface area contributed by atoms with Crippen LogP contribution in [-0.4, -0.2) is 67.9 Å². The van der Waals surface area contributed by atoms with Gasteiger partial charge in [-0.15, -0.1) is 24.0 Å². The number of furan rings is 1. The molecule has 0 bridgehead atoms. The Morgan fingerprint density at radius 2 is 1.91 bits per heavy atom. The molecular weight excluding hydrogens is 531 g/mol. The molecule has 2 unspecified atom stereocenters. The van der Waals surface area contributed by atoms with E-state index in [0.29, 0.717) is 13.2 Å². The molecule has 2 fully saturated rings. The maximum atomic E-state index is 6.03. The molecule has 8 heteroatoms. The number of hydrogen-bond acceptors (Lipinski definition) is 5. The van der Waals surface area contributed by atoms with E-state index in [2.05, 4.69) is 53.4 Å². The Balaban J connectivity index is 0.00000306. The normalized spacial score (nSPS) is 21.3. The Labute approximate surface area is 214 Å². The van der Waals surface area contributed by atoms with Crippen molar-refractivity contribution in [3.05, 3.63) is 59.5 Å². The molecule has 7 nitrogen and oxygen atoms in total. The van der Waals surface area contributed by atoms with E-state index in [1.54, 1.807) is 6.26 Å². The number of rotatable bonds is 8. The van der Waals surface area contributed by atoms with E-state index in [0.717, 1.165) is 63.9 Å². The molecule has 4 rings (SSSR count). The van der Waals surface area contributed by atoms with Crippen LogP contribution in [0.3, 0.4) is 0 Å². The van der Waals surface area contributed by atoms with Crippen molar-refractivity contribution in [1.29, 1.82) is 0 Å². The maximum Gasteiger partial charge on any atom is 0.194 e. The SMILES string of the molecule is CCNC(=NCc1ccccc1CN(C)Cc1ccco1)N1CCOC(C2CCCO2)C1.I. The summed E-state index contributed by atoms with van der Waals surface area (Å²) in [4.78, 5) is 9.60. The van der Waals surface area contributed by atoms with Crippen LogP contribution in [0.15, 0.2) is 52.1 Å². The Morgan fingerprint density at radius 3 is 2.64 bits per heavy atom. The van der Waals surface area contributed by atoms with E-state index in [1.807, 2.05) is 12.1 Å². The predicted octanol–water partition coefficient (Wildman–Crippen LogP) is 3.87. The number of nitrogens with zero attached hydrogens (tertiary/aromatic N) is 3. The van der Waals surface area contributed by atoms with Gasteiger partial charge in [-0.2, -0.15) is 0 Å². The third kappa shape index (κ3) is 7.43. The first-order valence-corrected chi connectivity index (χ1v) is 11.8. The van der Waals surface area contributed by atoms with Crippen LogP contribution in [0.25, 0.3) is 0 Å². The molecule has 0 saturated carbocycles. The third-order valence-corrected chi connectivity index (χ3v) is 6.07. The molecule has 2 saturated heterocycles. The van der Waals surface area contributed by atoms with Gasteiger partial charge in [0.15, 0.2) is 5.96 Å². The summed E-state index contributed by atoms with van der Waals surface area (Å²) in [7, 11) is 2.12. The summed E-state index contributed by atoms with van der Waals surface area (Å²) in [6, 6.07) is 12.5. The second-order valence-electron chi connectivity index (χ2n) is 8.60. The van der Waals surface area contributed by atoms with Gasteiger partial charge < -0.3 is 24.1 Å². The van der Waals surface area contributed by atoms with Gasteiger partial charge in [-0.3, -0.25) is 4.90 Å². The van der Waals surface area contributed by atoms with Gasteiger partial charge in [0.25, 0.3) is 0 Å². The Bertz CT molecular complexity index is 855. The fraction of sp³-hybridized carbons (Fsp3) is 0.560. The number of nitrogens with one attached hydrogen (secondary N) is 1. The minimum Gasteiger partial charge on any atom is -0.468 e. The first-order valence-electron chi connectivity index (χ1n) is 11.8. The minimum absolute atomic E-state index is 0. The van der Waals surface area contributed by atoms with Crippen molar-refractivity contribution < 1.29 is 13.9 Å². The summed E-state index contributed by atoms with van der Waals surface area (Å²) < 4.78 is 17.4. The van der Waals surface area contributed by atoms with E-state index in [4.69, 9.17) is 18.9 Å². The summed E-state index contributed by atoms with van der Waals surface area (Å²) in [5.41, 5.74) is 2.54. The zero-order chi connectivity index (χ0) is 22.2. The molecule has 1 aromatic carbocycles. The molecule has 33 heavy (non-hydrogen) atoms. The van der Waals surface area contributed by atoms with E-state index < -0.39 is 0 Å². The molecule has 1 N–H and O–H groups in total. The van der Waals surface area contributed by atoms with Crippen molar-refractivity contribution in [1.82, 2.24) is 15.1 Å². The highest BCUT2D eigenvalue weighted by molar-refractivity contribution is 14.0. The van der Waals surface area contributed by atoms with Crippen LogP contribution in [0.4, 0.5) is 0 Å². The molecule has 2 aliphatic rings. The molecular formula is C25H37IN4O3. The van der Waals surface area contributed by atoms with Gasteiger partial charge in [-0.1, -0.05) is 24.3 Å². The highest BCUT2D eigenvalue weighted by Gasteiger charge is 2.32. The van der Waals surface area contributed by atoms with Gasteiger partial charge >= 0.3 is 0 Å². The number of aliphatic imine (C=N–C) groups is 1. The van der Waals surface area contributed by atoms with Gasteiger partial charge in [0.1, 0.15) is 11.9 Å². The average molecular weight is 569 g/mol. The first-order chi connectivity index (χ1) is 15.7. The standard InChI is InChI=1S/C25H36N4O3.HI/c1-3-26-25(29-12-15-32-24(19-29)23-11-7-14-31-23)27-16-20-8-4-5-9-21(20)17-28(2)18-22-10-6-13-30-22;/h4-6,8-10,13,23-24H,3,7,11-12,14-19H2,1-2H3,(H,26,27);1H. The summed E-state index contributed by atoms with van der Waals surface area (Å²) in [6.07, 6.45) is 4.28. The second kappa shape index (κ2) is 13.3. The monoisotopic (exact) mass is 568 g/mol. The first kappa shape index (κ1) is 26.0. The average Bonchev–Trinajstić information content (AvgIpc) is 3.52. The van der Waals surface area contributed by atoms with Crippen molar-refractivity contribution in [2.45, 2.75) is 51.6 Å². The van der Waals surface area contributed by atoms with Crippen molar-refractivity contribution in [3.63, 3.8) is 0 Å². The lowest BCUT2D eigenvalue weighted by Gasteiger charge is -2.37. The number of halogens is 1. The Hall–Kier alpha value is -1.62. The van der Waals surface area contributed by atoms with Crippen molar-refractivity contribution in [2.24, 2.45) is 4.99 Å². The van der Waals surface area contributed by atoms with Crippen LogP contribution < -0.4 is 5.32 Å². The smallest absolute Gasteiger partial charge is 0.194 e. The molecule has 2 aliphatic heterocycles. The van der Waals surface area contributed by atoms with E-state index in [1.165, 1.54) is 11.1 Å². The minimum atomic E-state index is 0. The van der Waals surface area contributed by atoms with Gasteiger partial charge in [-0.05, 0) is 50.1 Å². The molecule has 182 valence electrons. The Kier molecular flexibility index (Phi) is 10.5. The topological polar surface area (TPSA) is 62.5 Å². The molecule has 2 atom stereocenters. The lowest BCUT2D eigenvalue weighted by atomic mass is 10.1. The lowest BCUT2D eigenvalue weighted by molar-refractivity contribution is -0.0817. The lowest BCUT2D eigenvalue weighted by Crippen LogP contribution is -2.53. The zero-order valence-electron chi connectivity index (χ0n) is 19.7. The van der Waals surface area contributed by atoms with Crippen LogP contribution in [0.2, 0.25) is 0 Å². The zero-order valence-corrected chi connectivity index (χ0v) is 22.1. The van der Waals surface area contributed by atoms with Crippen LogP contribution in [0.1, 0.15) is 36.7 Å². The maximum absolute atomic E-state index is 6.03. The number of benzene rings is 1. The van der Waals surface area contributed by atoms with Crippen LogP contribution in [0, 0.1) is 0 Å². The fourth-order valence-corrected chi connectivity index (χ4v) is 4.46. The van der Waals surface area contributed by atoms with Crippen LogP contribution in [-0.2, 0) is 29.1 Å². The van der Waals surface area contributed by atoms with Gasteiger partial charge in [0.2, 0.25) is 0 Å². The largest absolute Gasteiger partial charge is 0.468 e.